The monoisotopic (exact) mass is 442 g/mol. The molecule has 0 aromatic heterocycles. The topological polar surface area (TPSA) is 58.6 Å². The summed E-state index contributed by atoms with van der Waals surface area (Å²) in [5.41, 5.74) is 1.15. The maximum absolute atomic E-state index is 13.3. The lowest BCUT2D eigenvalue weighted by Gasteiger charge is -2.31. The molecule has 2 rings (SSSR count). The summed E-state index contributed by atoms with van der Waals surface area (Å²) in [6, 6.07) is 12.8. The maximum Gasteiger partial charge on any atom is 0.261 e. The highest BCUT2D eigenvalue weighted by Gasteiger charge is 2.29. The van der Waals surface area contributed by atoms with E-state index in [9.17, 15) is 14.0 Å². The second-order valence-corrected chi connectivity index (χ2v) is 10.1. The fourth-order valence-electron chi connectivity index (χ4n) is 3.28. The van der Waals surface area contributed by atoms with E-state index < -0.39 is 11.6 Å². The summed E-state index contributed by atoms with van der Waals surface area (Å²) in [6.07, 6.45) is 0. The molecule has 0 aliphatic heterocycles. The lowest BCUT2D eigenvalue weighted by molar-refractivity contribution is -0.142. The van der Waals surface area contributed by atoms with Crippen molar-refractivity contribution in [2.24, 2.45) is 0 Å². The van der Waals surface area contributed by atoms with Crippen molar-refractivity contribution in [2.75, 3.05) is 6.61 Å². The van der Waals surface area contributed by atoms with Gasteiger partial charge in [-0.3, -0.25) is 9.59 Å². The first-order valence-electron chi connectivity index (χ1n) is 10.9. The third-order valence-electron chi connectivity index (χ3n) is 4.98. The third kappa shape index (κ3) is 7.36. The number of amides is 2. The number of hydrogen-bond donors (Lipinski definition) is 1. The maximum atomic E-state index is 13.3. The van der Waals surface area contributed by atoms with Gasteiger partial charge in [-0.15, -0.1) is 0 Å². The first-order chi connectivity index (χ1) is 14.8. The molecule has 1 atom stereocenters. The lowest BCUT2D eigenvalue weighted by Crippen LogP contribution is -2.53. The summed E-state index contributed by atoms with van der Waals surface area (Å²) < 4.78 is 19.2. The van der Waals surface area contributed by atoms with Crippen molar-refractivity contribution < 1.29 is 18.7 Å². The first-order valence-corrected chi connectivity index (χ1v) is 10.9. The van der Waals surface area contributed by atoms with Crippen LogP contribution in [0.1, 0.15) is 59.6 Å². The molecule has 174 valence electrons. The van der Waals surface area contributed by atoms with Gasteiger partial charge in [0, 0.05) is 12.1 Å². The van der Waals surface area contributed by atoms with Gasteiger partial charge in [-0.2, -0.15) is 0 Å². The molecule has 32 heavy (non-hydrogen) atoms. The van der Waals surface area contributed by atoms with E-state index in [1.807, 2.05) is 45.0 Å². The lowest BCUT2D eigenvalue weighted by atomic mass is 9.86. The van der Waals surface area contributed by atoms with Gasteiger partial charge in [-0.25, -0.2) is 4.39 Å². The zero-order chi connectivity index (χ0) is 24.1. The van der Waals surface area contributed by atoms with Gasteiger partial charge in [0.25, 0.3) is 5.91 Å². The van der Waals surface area contributed by atoms with Crippen molar-refractivity contribution in [2.45, 2.75) is 72.0 Å². The second kappa shape index (κ2) is 10.2. The standard InChI is InChI=1S/C26H35FN2O3/c1-18(24(31)28-26(5,6)7)29(16-19-12-14-20(27)15-13-19)23(30)17-32-22-11-9-8-10-21(22)25(2,3)4/h8-15,18H,16-17H2,1-7H3,(H,28,31)/t18-/m1/s1. The fraction of sp³-hybridized carbons (Fsp3) is 0.462. The van der Waals surface area contributed by atoms with Crippen LogP contribution >= 0.6 is 0 Å². The molecule has 0 saturated heterocycles. The molecular weight excluding hydrogens is 407 g/mol. The van der Waals surface area contributed by atoms with Crippen molar-refractivity contribution >= 4 is 11.8 Å². The van der Waals surface area contributed by atoms with E-state index in [0.29, 0.717) is 5.75 Å². The van der Waals surface area contributed by atoms with E-state index >= 15 is 0 Å². The highest BCUT2D eigenvalue weighted by molar-refractivity contribution is 5.88. The Labute approximate surface area is 191 Å². The number of ether oxygens (including phenoxy) is 1. The van der Waals surface area contributed by atoms with Crippen LogP contribution in [0.5, 0.6) is 5.75 Å². The van der Waals surface area contributed by atoms with Crippen LogP contribution in [0.15, 0.2) is 48.5 Å². The van der Waals surface area contributed by atoms with E-state index in [2.05, 4.69) is 26.1 Å². The van der Waals surface area contributed by atoms with Gasteiger partial charge in [0.05, 0.1) is 0 Å². The Morgan fingerprint density at radius 2 is 1.59 bits per heavy atom. The minimum Gasteiger partial charge on any atom is -0.483 e. The third-order valence-corrected chi connectivity index (χ3v) is 4.98. The Hall–Kier alpha value is -2.89. The molecule has 0 fully saturated rings. The van der Waals surface area contributed by atoms with Crippen LogP contribution in [0.4, 0.5) is 4.39 Å². The van der Waals surface area contributed by atoms with E-state index in [1.165, 1.54) is 17.0 Å². The van der Waals surface area contributed by atoms with Crippen LogP contribution in [0, 0.1) is 5.82 Å². The highest BCUT2D eigenvalue weighted by atomic mass is 19.1. The number of nitrogens with zero attached hydrogens (tertiary/aromatic N) is 1. The van der Waals surface area contributed by atoms with Crippen molar-refractivity contribution in [3.8, 4) is 5.75 Å². The first kappa shape index (κ1) is 25.4. The van der Waals surface area contributed by atoms with Crippen LogP contribution in [-0.2, 0) is 21.5 Å². The van der Waals surface area contributed by atoms with Gasteiger partial charge in [-0.1, -0.05) is 51.1 Å². The molecule has 5 nitrogen and oxygen atoms in total. The van der Waals surface area contributed by atoms with Gasteiger partial charge in [0.15, 0.2) is 6.61 Å². The predicted molar refractivity (Wildman–Crippen MR) is 125 cm³/mol. The number of para-hydroxylation sites is 1. The number of rotatable bonds is 7. The molecule has 0 heterocycles. The molecule has 2 aromatic carbocycles. The zero-order valence-corrected chi connectivity index (χ0v) is 20.2. The summed E-state index contributed by atoms with van der Waals surface area (Å²) in [7, 11) is 0. The summed E-state index contributed by atoms with van der Waals surface area (Å²) >= 11 is 0. The van der Waals surface area contributed by atoms with Gasteiger partial charge in [0.1, 0.15) is 17.6 Å². The molecule has 0 aliphatic rings. The molecule has 2 aromatic rings. The fourth-order valence-corrected chi connectivity index (χ4v) is 3.28. The van der Waals surface area contributed by atoms with Crippen LogP contribution < -0.4 is 10.1 Å². The van der Waals surface area contributed by atoms with Gasteiger partial charge >= 0.3 is 0 Å². The van der Waals surface area contributed by atoms with Gasteiger partial charge < -0.3 is 15.0 Å². The molecule has 6 heteroatoms. The largest absolute Gasteiger partial charge is 0.483 e. The smallest absolute Gasteiger partial charge is 0.261 e. The van der Waals surface area contributed by atoms with Crippen LogP contribution in [0.2, 0.25) is 0 Å². The van der Waals surface area contributed by atoms with Crippen LogP contribution in [0.3, 0.4) is 0 Å². The van der Waals surface area contributed by atoms with Gasteiger partial charge in [0.2, 0.25) is 5.91 Å². The normalized spacial score (nSPS) is 12.8. The Balaban J connectivity index is 2.23. The summed E-state index contributed by atoms with van der Waals surface area (Å²) in [5.74, 6) is -0.299. The zero-order valence-electron chi connectivity index (χ0n) is 20.2. The Morgan fingerprint density at radius 3 is 2.16 bits per heavy atom. The van der Waals surface area contributed by atoms with Crippen molar-refractivity contribution in [1.82, 2.24) is 10.2 Å². The molecule has 1 N–H and O–H groups in total. The number of benzene rings is 2. The SMILES string of the molecule is C[C@H](C(=O)NC(C)(C)C)N(Cc1ccc(F)cc1)C(=O)COc1ccccc1C(C)(C)C. The summed E-state index contributed by atoms with van der Waals surface area (Å²) in [4.78, 5) is 27.5. The predicted octanol–water partition coefficient (Wildman–Crippen LogP) is 4.83. The van der Waals surface area contributed by atoms with Crippen molar-refractivity contribution in [1.29, 1.82) is 0 Å². The van der Waals surface area contributed by atoms with Crippen molar-refractivity contribution in [3.63, 3.8) is 0 Å². The molecule has 0 saturated carbocycles. The quantitative estimate of drug-likeness (QED) is 0.668. The number of halogens is 1. The molecule has 0 aliphatic carbocycles. The minimum absolute atomic E-state index is 0.146. The second-order valence-electron chi connectivity index (χ2n) is 10.1. The van der Waals surface area contributed by atoms with E-state index in [1.54, 1.807) is 19.1 Å². The van der Waals surface area contributed by atoms with Crippen LogP contribution in [0.25, 0.3) is 0 Å². The summed E-state index contributed by atoms with van der Waals surface area (Å²) in [5, 5.41) is 2.92. The number of carbonyl (C=O) groups is 2. The Bertz CT molecular complexity index is 927. The molecular formula is C26H35FN2O3. The van der Waals surface area contributed by atoms with Gasteiger partial charge in [-0.05, 0) is 62.4 Å². The average molecular weight is 443 g/mol. The Kier molecular flexibility index (Phi) is 8.05. The molecule has 0 spiro atoms. The van der Waals surface area contributed by atoms with E-state index in [4.69, 9.17) is 4.74 Å². The number of carbonyl (C=O) groups excluding carboxylic acids is 2. The molecule has 0 bridgehead atoms. The van der Waals surface area contributed by atoms with Crippen LogP contribution in [-0.4, -0.2) is 34.9 Å². The van der Waals surface area contributed by atoms with E-state index in [0.717, 1.165) is 11.1 Å². The average Bonchev–Trinajstić information content (AvgIpc) is 2.69. The molecule has 0 unspecified atom stereocenters. The minimum atomic E-state index is -0.728. The van der Waals surface area contributed by atoms with Crippen molar-refractivity contribution in [3.05, 3.63) is 65.5 Å². The van der Waals surface area contributed by atoms with E-state index in [-0.39, 0.29) is 36.2 Å². The number of nitrogens with one attached hydrogen (secondary N) is 1. The molecule has 0 radical (unpaired) electrons. The summed E-state index contributed by atoms with van der Waals surface area (Å²) in [6.45, 7) is 13.5. The highest BCUT2D eigenvalue weighted by Crippen LogP contribution is 2.31. The number of hydrogen-bond acceptors (Lipinski definition) is 3. The Morgan fingerprint density at radius 1 is 1.00 bits per heavy atom. The molecule has 2 amide bonds.